The molecule has 0 fully saturated rings. The molecule has 1 atom stereocenters. The van der Waals surface area contributed by atoms with E-state index in [-0.39, 0.29) is 0 Å². The van der Waals surface area contributed by atoms with Gasteiger partial charge in [-0.2, -0.15) is 22.0 Å². The van der Waals surface area contributed by atoms with Crippen LogP contribution in [0.2, 0.25) is 0 Å². The van der Waals surface area contributed by atoms with Crippen LogP contribution in [0.5, 0.6) is 11.5 Å². The first-order valence-corrected chi connectivity index (χ1v) is 6.24. The Balaban J connectivity index is 2.79. The van der Waals surface area contributed by atoms with Gasteiger partial charge in [0.25, 0.3) is 0 Å². The maximum absolute atomic E-state index is 14.8. The van der Waals surface area contributed by atoms with Crippen LogP contribution < -0.4 is 0 Å². The number of halogens is 6. The molecule has 0 aliphatic heterocycles. The maximum atomic E-state index is 14.8. The van der Waals surface area contributed by atoms with Crippen LogP contribution in [0, 0.1) is 0 Å². The van der Waals surface area contributed by atoms with Crippen molar-refractivity contribution in [3.63, 3.8) is 0 Å². The normalized spacial score (nSPS) is 15.2. The van der Waals surface area contributed by atoms with Crippen molar-refractivity contribution in [1.82, 2.24) is 0 Å². The predicted molar refractivity (Wildman–Crippen MR) is 68.9 cm³/mol. The van der Waals surface area contributed by atoms with E-state index in [0.717, 1.165) is 24.3 Å². The lowest BCUT2D eigenvalue weighted by molar-refractivity contribution is -0.315. The molecule has 0 radical (unpaired) electrons. The molecule has 2 rings (SSSR count). The van der Waals surface area contributed by atoms with Gasteiger partial charge in [-0.05, 0) is 18.2 Å². The predicted octanol–water partition coefficient (Wildman–Crippen LogP) is 4.62. The molecule has 0 saturated carbocycles. The van der Waals surface area contributed by atoms with Crippen LogP contribution in [0.15, 0.2) is 48.5 Å². The van der Waals surface area contributed by atoms with E-state index in [9.17, 15) is 36.6 Å². The summed E-state index contributed by atoms with van der Waals surface area (Å²) in [6.45, 7) is 0. The standard InChI is InChI=1S/C15H10F6O2/c16-13(15(19,20)21,9-5-1-3-7-11(9)22)14(17,18)10-6-2-4-8-12(10)23/h1-8,22-23H. The molecule has 0 amide bonds. The number of alkyl halides is 6. The minimum absolute atomic E-state index is 0.413. The third-order valence-electron chi connectivity index (χ3n) is 3.34. The largest absolute Gasteiger partial charge is 0.508 e. The van der Waals surface area contributed by atoms with Gasteiger partial charge in [-0.3, -0.25) is 0 Å². The van der Waals surface area contributed by atoms with Gasteiger partial charge in [0.1, 0.15) is 11.5 Å². The second-order valence-electron chi connectivity index (χ2n) is 4.76. The number of phenols is 2. The van der Waals surface area contributed by atoms with Gasteiger partial charge in [0.2, 0.25) is 0 Å². The number of rotatable bonds is 3. The summed E-state index contributed by atoms with van der Waals surface area (Å²) in [5.74, 6) is -7.66. The average Bonchev–Trinajstić information content (AvgIpc) is 2.46. The highest BCUT2D eigenvalue weighted by molar-refractivity contribution is 5.45. The van der Waals surface area contributed by atoms with Crippen LogP contribution in [0.1, 0.15) is 11.1 Å². The Hall–Kier alpha value is -2.38. The monoisotopic (exact) mass is 336 g/mol. The van der Waals surface area contributed by atoms with E-state index in [2.05, 4.69) is 0 Å². The highest BCUT2D eigenvalue weighted by Crippen LogP contribution is 2.59. The van der Waals surface area contributed by atoms with E-state index in [1.807, 2.05) is 0 Å². The number of benzene rings is 2. The van der Waals surface area contributed by atoms with Crippen molar-refractivity contribution in [2.45, 2.75) is 17.8 Å². The quantitative estimate of drug-likeness (QED) is 0.803. The molecule has 8 heteroatoms. The second-order valence-corrected chi connectivity index (χ2v) is 4.76. The fourth-order valence-corrected chi connectivity index (χ4v) is 2.19. The van der Waals surface area contributed by atoms with Crippen LogP contribution in [-0.4, -0.2) is 16.4 Å². The van der Waals surface area contributed by atoms with E-state index in [4.69, 9.17) is 0 Å². The minimum Gasteiger partial charge on any atom is -0.508 e. The molecule has 0 aromatic heterocycles. The summed E-state index contributed by atoms with van der Waals surface area (Å²) in [5.41, 5.74) is -8.41. The summed E-state index contributed by atoms with van der Waals surface area (Å²) < 4.78 is 83.4. The Bertz CT molecular complexity index is 713. The third-order valence-corrected chi connectivity index (χ3v) is 3.34. The molecule has 2 nitrogen and oxygen atoms in total. The van der Waals surface area contributed by atoms with E-state index in [0.29, 0.717) is 24.3 Å². The van der Waals surface area contributed by atoms with E-state index >= 15 is 0 Å². The molecule has 1 unspecified atom stereocenters. The Kier molecular flexibility index (Phi) is 3.96. The number of aromatic hydroxyl groups is 2. The Labute approximate surface area is 126 Å². The van der Waals surface area contributed by atoms with Gasteiger partial charge in [0, 0.05) is 5.56 Å². The van der Waals surface area contributed by atoms with Gasteiger partial charge in [-0.25, -0.2) is 4.39 Å². The third kappa shape index (κ3) is 2.47. The van der Waals surface area contributed by atoms with Crippen molar-refractivity contribution in [3.8, 4) is 11.5 Å². The molecular formula is C15H10F6O2. The lowest BCUT2D eigenvalue weighted by atomic mass is 9.83. The number of phenolic OH excluding ortho intramolecular Hbond substituents is 2. The molecule has 2 aromatic carbocycles. The molecule has 0 aliphatic rings. The lowest BCUT2D eigenvalue weighted by Gasteiger charge is -2.36. The molecule has 124 valence electrons. The van der Waals surface area contributed by atoms with Crippen LogP contribution in [0.3, 0.4) is 0 Å². The molecule has 0 spiro atoms. The average molecular weight is 336 g/mol. The van der Waals surface area contributed by atoms with Crippen LogP contribution in [0.25, 0.3) is 0 Å². The van der Waals surface area contributed by atoms with Gasteiger partial charge < -0.3 is 10.2 Å². The van der Waals surface area contributed by atoms with Crippen LogP contribution in [0.4, 0.5) is 26.3 Å². The fourth-order valence-electron chi connectivity index (χ4n) is 2.19. The Morgan fingerprint density at radius 3 is 1.39 bits per heavy atom. The van der Waals surface area contributed by atoms with Crippen molar-refractivity contribution in [2.75, 3.05) is 0 Å². The molecule has 0 bridgehead atoms. The maximum Gasteiger partial charge on any atom is 0.433 e. The Morgan fingerprint density at radius 2 is 1.00 bits per heavy atom. The summed E-state index contributed by atoms with van der Waals surface area (Å²) in [7, 11) is 0. The van der Waals surface area contributed by atoms with Crippen molar-refractivity contribution in [3.05, 3.63) is 59.7 Å². The van der Waals surface area contributed by atoms with Gasteiger partial charge in [-0.15, -0.1) is 0 Å². The zero-order valence-corrected chi connectivity index (χ0v) is 11.3. The SMILES string of the molecule is Oc1ccccc1C(F)(F)C(F)(c1ccccc1O)C(F)(F)F. The summed E-state index contributed by atoms with van der Waals surface area (Å²) in [6, 6.07) is 6.25. The van der Waals surface area contributed by atoms with Crippen LogP contribution >= 0.6 is 0 Å². The van der Waals surface area contributed by atoms with Gasteiger partial charge in [0.15, 0.2) is 0 Å². The molecular weight excluding hydrogens is 326 g/mol. The van der Waals surface area contributed by atoms with Gasteiger partial charge in [-0.1, -0.05) is 30.3 Å². The molecule has 2 N–H and O–H groups in total. The summed E-state index contributed by atoms with van der Waals surface area (Å²) in [5, 5.41) is 18.9. The summed E-state index contributed by atoms with van der Waals surface area (Å²) in [4.78, 5) is 0. The first-order chi connectivity index (χ1) is 10.5. The van der Waals surface area contributed by atoms with Crippen molar-refractivity contribution < 1.29 is 36.6 Å². The van der Waals surface area contributed by atoms with E-state index < -0.39 is 40.4 Å². The topological polar surface area (TPSA) is 40.5 Å². The molecule has 2 aromatic rings. The first-order valence-electron chi connectivity index (χ1n) is 6.24. The first kappa shape index (κ1) is 17.0. The lowest BCUT2D eigenvalue weighted by Crippen LogP contribution is -2.51. The molecule has 0 heterocycles. The van der Waals surface area contributed by atoms with Crippen molar-refractivity contribution >= 4 is 0 Å². The van der Waals surface area contributed by atoms with E-state index in [1.54, 1.807) is 0 Å². The van der Waals surface area contributed by atoms with Gasteiger partial charge >= 0.3 is 17.8 Å². The van der Waals surface area contributed by atoms with Crippen molar-refractivity contribution in [1.29, 1.82) is 0 Å². The van der Waals surface area contributed by atoms with Crippen molar-refractivity contribution in [2.24, 2.45) is 0 Å². The second kappa shape index (κ2) is 5.36. The zero-order chi connectivity index (χ0) is 17.5. The zero-order valence-electron chi connectivity index (χ0n) is 11.3. The van der Waals surface area contributed by atoms with Crippen LogP contribution in [-0.2, 0) is 11.6 Å². The van der Waals surface area contributed by atoms with Gasteiger partial charge in [0.05, 0.1) is 5.56 Å². The minimum atomic E-state index is -6.06. The molecule has 23 heavy (non-hydrogen) atoms. The smallest absolute Gasteiger partial charge is 0.433 e. The molecule has 0 aliphatic carbocycles. The number of hydrogen-bond donors (Lipinski definition) is 2. The fraction of sp³-hybridized carbons (Fsp3) is 0.200. The summed E-state index contributed by atoms with van der Waals surface area (Å²) in [6.07, 6.45) is -6.06. The summed E-state index contributed by atoms with van der Waals surface area (Å²) >= 11 is 0. The Morgan fingerprint density at radius 1 is 0.609 bits per heavy atom. The highest BCUT2D eigenvalue weighted by atomic mass is 19.4. The highest BCUT2D eigenvalue weighted by Gasteiger charge is 2.74. The number of hydrogen-bond acceptors (Lipinski definition) is 2. The number of para-hydroxylation sites is 2. The van der Waals surface area contributed by atoms with E-state index in [1.165, 1.54) is 0 Å². The molecule has 0 saturated heterocycles.